The summed E-state index contributed by atoms with van der Waals surface area (Å²) in [5.41, 5.74) is 1.53. The standard InChI is InChI=1S/C24H32O12S/c1-24-7-6-13-12-5-3-11(36-37(31,32)33)8-10(12)2-4-14(13)15(24)9-16(21(24)28)34-23-19(27)17(25)18(26)20(35-23)22(29)30/h3,5,8,13-21,23,25-28H,2,4,6-7,9H2,1H3,(H,29,30)(H,31,32,33)/t13-,14-,15+,16-,17+,18+,19-,20+,21+,23-,24+/m1/s1. The van der Waals surface area contributed by atoms with E-state index < -0.39 is 64.7 Å². The number of aliphatic carboxylic acids is 1. The third-order valence-corrected chi connectivity index (χ3v) is 9.38. The van der Waals surface area contributed by atoms with Gasteiger partial charge in [0.1, 0.15) is 24.1 Å². The zero-order valence-corrected chi connectivity index (χ0v) is 20.9. The number of carboxylic acid groups (broad SMARTS) is 1. The molecule has 2 saturated carbocycles. The minimum atomic E-state index is -4.62. The molecule has 37 heavy (non-hydrogen) atoms. The normalized spacial score (nSPS) is 43.4. The summed E-state index contributed by atoms with van der Waals surface area (Å²) in [7, 11) is -4.62. The highest BCUT2D eigenvalue weighted by Crippen LogP contribution is 2.61. The van der Waals surface area contributed by atoms with Gasteiger partial charge in [-0.25, -0.2) is 4.79 Å². The number of aliphatic hydroxyl groups is 4. The molecule has 206 valence electrons. The van der Waals surface area contributed by atoms with Gasteiger partial charge >= 0.3 is 16.4 Å². The number of rotatable bonds is 5. The highest BCUT2D eigenvalue weighted by atomic mass is 32.3. The molecule has 0 amide bonds. The smallest absolute Gasteiger partial charge is 0.446 e. The summed E-state index contributed by atoms with van der Waals surface area (Å²) < 4.78 is 46.9. The van der Waals surface area contributed by atoms with Crippen LogP contribution in [0.25, 0.3) is 0 Å². The van der Waals surface area contributed by atoms with Gasteiger partial charge < -0.3 is 39.2 Å². The van der Waals surface area contributed by atoms with Crippen molar-refractivity contribution in [2.24, 2.45) is 17.3 Å². The molecule has 3 aliphatic carbocycles. The lowest BCUT2D eigenvalue weighted by Crippen LogP contribution is -2.61. The first-order chi connectivity index (χ1) is 17.3. The summed E-state index contributed by atoms with van der Waals surface area (Å²) in [5, 5.41) is 51.0. The topological polar surface area (TPSA) is 200 Å². The molecule has 1 aromatic carbocycles. The van der Waals surface area contributed by atoms with E-state index in [1.165, 1.54) is 6.07 Å². The second-order valence-corrected chi connectivity index (χ2v) is 11.9. The molecule has 1 saturated heterocycles. The van der Waals surface area contributed by atoms with Gasteiger partial charge in [-0.15, -0.1) is 0 Å². The lowest BCUT2D eigenvalue weighted by Gasteiger charge is -2.49. The minimum Gasteiger partial charge on any atom is -0.479 e. The van der Waals surface area contributed by atoms with E-state index in [0.29, 0.717) is 19.3 Å². The van der Waals surface area contributed by atoms with Crippen molar-refractivity contribution < 1.29 is 57.0 Å². The molecule has 0 radical (unpaired) electrons. The summed E-state index contributed by atoms with van der Waals surface area (Å²) in [6.45, 7) is 2.00. The number of ether oxygens (including phenoxy) is 2. The lowest BCUT2D eigenvalue weighted by molar-refractivity contribution is -0.309. The monoisotopic (exact) mass is 544 g/mol. The Balaban J connectivity index is 1.34. The van der Waals surface area contributed by atoms with Crippen molar-refractivity contribution in [3.05, 3.63) is 29.3 Å². The van der Waals surface area contributed by atoms with E-state index in [2.05, 4.69) is 4.18 Å². The van der Waals surface area contributed by atoms with E-state index in [9.17, 15) is 38.7 Å². The average molecular weight is 545 g/mol. The fraction of sp³-hybridized carbons (Fsp3) is 0.708. The molecule has 0 bridgehead atoms. The zero-order valence-electron chi connectivity index (χ0n) is 20.1. The van der Waals surface area contributed by atoms with Crippen LogP contribution in [0.15, 0.2) is 18.2 Å². The van der Waals surface area contributed by atoms with Gasteiger partial charge in [-0.2, -0.15) is 8.42 Å². The number of carboxylic acids is 1. The summed E-state index contributed by atoms with van der Waals surface area (Å²) in [5.74, 6) is -1.06. The molecule has 0 unspecified atom stereocenters. The van der Waals surface area contributed by atoms with Crippen LogP contribution in [-0.2, 0) is 31.1 Å². The molecule has 1 heterocycles. The predicted molar refractivity (Wildman–Crippen MR) is 124 cm³/mol. The Morgan fingerprint density at radius 2 is 1.84 bits per heavy atom. The van der Waals surface area contributed by atoms with Crippen molar-refractivity contribution in [1.82, 2.24) is 0 Å². The Hall–Kier alpha value is -1.84. The second-order valence-electron chi connectivity index (χ2n) is 10.9. The molecule has 0 spiro atoms. The highest BCUT2D eigenvalue weighted by Gasteiger charge is 2.59. The first-order valence-electron chi connectivity index (χ1n) is 12.4. The number of hydrogen-bond acceptors (Lipinski definition) is 10. The van der Waals surface area contributed by atoms with Crippen LogP contribution in [0.3, 0.4) is 0 Å². The van der Waals surface area contributed by atoms with Crippen molar-refractivity contribution in [2.75, 3.05) is 0 Å². The van der Waals surface area contributed by atoms with Crippen LogP contribution < -0.4 is 4.18 Å². The first kappa shape index (κ1) is 26.8. The molecule has 3 fully saturated rings. The van der Waals surface area contributed by atoms with Gasteiger partial charge in [-0.3, -0.25) is 4.55 Å². The quantitative estimate of drug-likeness (QED) is 0.271. The third-order valence-electron chi connectivity index (χ3n) is 8.97. The van der Waals surface area contributed by atoms with Crippen molar-refractivity contribution in [2.45, 2.75) is 87.9 Å². The summed E-state index contributed by atoms with van der Waals surface area (Å²) in [6, 6.07) is 4.96. The molecule has 1 aliphatic heterocycles. The van der Waals surface area contributed by atoms with Crippen LogP contribution in [-0.4, -0.2) is 87.4 Å². The SMILES string of the molecule is C[C@]12CC[C@@H]3c4ccc(OS(=O)(=O)O)cc4CC[C@H]3[C@@H]1C[C@@H](O[C@@H]1O[C@H](C(=O)O)[C@@H](O)[C@H](O)[C@H]1O)[C@@H]2O. The Bertz CT molecular complexity index is 1160. The average Bonchev–Trinajstić information content (AvgIpc) is 3.08. The maximum absolute atomic E-state index is 11.4. The molecule has 5 rings (SSSR count). The summed E-state index contributed by atoms with van der Waals surface area (Å²) >= 11 is 0. The van der Waals surface area contributed by atoms with E-state index in [1.807, 2.05) is 13.0 Å². The van der Waals surface area contributed by atoms with Crippen LogP contribution in [0.5, 0.6) is 5.75 Å². The highest BCUT2D eigenvalue weighted by molar-refractivity contribution is 7.81. The third kappa shape index (κ3) is 4.65. The van der Waals surface area contributed by atoms with Crippen LogP contribution in [0.1, 0.15) is 49.7 Å². The van der Waals surface area contributed by atoms with E-state index in [1.54, 1.807) is 6.07 Å². The second kappa shape index (κ2) is 9.42. The number of hydrogen-bond donors (Lipinski definition) is 6. The minimum absolute atomic E-state index is 0.0414. The van der Waals surface area contributed by atoms with Crippen molar-refractivity contribution in [1.29, 1.82) is 0 Å². The Morgan fingerprint density at radius 3 is 2.51 bits per heavy atom. The Kier molecular flexibility index (Phi) is 6.81. The van der Waals surface area contributed by atoms with Crippen LogP contribution in [0, 0.1) is 17.3 Å². The van der Waals surface area contributed by atoms with Crippen molar-refractivity contribution in [3.8, 4) is 5.75 Å². The van der Waals surface area contributed by atoms with Gasteiger partial charge in [0.2, 0.25) is 0 Å². The predicted octanol–water partition coefficient (Wildman–Crippen LogP) is -0.0275. The van der Waals surface area contributed by atoms with E-state index in [0.717, 1.165) is 24.0 Å². The molecular weight excluding hydrogens is 512 g/mol. The van der Waals surface area contributed by atoms with Crippen LogP contribution in [0.2, 0.25) is 0 Å². The Morgan fingerprint density at radius 1 is 1.11 bits per heavy atom. The fourth-order valence-corrected chi connectivity index (χ4v) is 7.51. The Labute approximate surface area is 213 Å². The van der Waals surface area contributed by atoms with Gasteiger partial charge in [-0.1, -0.05) is 13.0 Å². The molecule has 4 aliphatic rings. The molecule has 6 N–H and O–H groups in total. The van der Waals surface area contributed by atoms with E-state index in [-0.39, 0.29) is 23.5 Å². The maximum Gasteiger partial charge on any atom is 0.446 e. The van der Waals surface area contributed by atoms with Gasteiger partial charge in [-0.05, 0) is 78.5 Å². The zero-order chi connectivity index (χ0) is 26.9. The number of aryl methyl sites for hydroxylation is 1. The molecule has 13 heteroatoms. The fourth-order valence-electron chi connectivity index (χ4n) is 7.16. The maximum atomic E-state index is 11.4. The van der Waals surface area contributed by atoms with Gasteiger partial charge in [0.15, 0.2) is 12.4 Å². The van der Waals surface area contributed by atoms with Crippen LogP contribution in [0.4, 0.5) is 0 Å². The van der Waals surface area contributed by atoms with E-state index in [4.69, 9.17) is 14.0 Å². The molecule has 1 aromatic rings. The van der Waals surface area contributed by atoms with E-state index >= 15 is 0 Å². The van der Waals surface area contributed by atoms with Crippen LogP contribution >= 0.6 is 0 Å². The summed E-state index contributed by atoms with van der Waals surface area (Å²) in [4.78, 5) is 11.4. The number of benzene rings is 1. The number of aliphatic hydroxyl groups excluding tert-OH is 4. The van der Waals surface area contributed by atoms with Gasteiger partial charge in [0.25, 0.3) is 0 Å². The first-order valence-corrected chi connectivity index (χ1v) is 13.7. The molecule has 11 atom stereocenters. The van der Waals surface area contributed by atoms with Gasteiger partial charge in [0, 0.05) is 0 Å². The number of fused-ring (bicyclic) bond motifs is 5. The van der Waals surface area contributed by atoms with Crippen molar-refractivity contribution >= 4 is 16.4 Å². The lowest BCUT2D eigenvalue weighted by atomic mass is 9.55. The van der Waals surface area contributed by atoms with Crippen molar-refractivity contribution in [3.63, 3.8) is 0 Å². The molecule has 0 aromatic heterocycles. The summed E-state index contributed by atoms with van der Waals surface area (Å²) in [6.07, 6.45) is -7.01. The number of carbonyl (C=O) groups is 1. The molecule has 12 nitrogen and oxygen atoms in total. The molecular formula is C24H32O12S. The van der Waals surface area contributed by atoms with Gasteiger partial charge in [0.05, 0.1) is 12.2 Å². The largest absolute Gasteiger partial charge is 0.479 e.